The molecule has 0 bridgehead atoms. The highest BCUT2D eigenvalue weighted by Crippen LogP contribution is 2.26. The van der Waals surface area contributed by atoms with E-state index in [0.29, 0.717) is 34.1 Å². The number of nitrogens with zero attached hydrogens (tertiary/aromatic N) is 4. The summed E-state index contributed by atoms with van der Waals surface area (Å²) in [5.41, 5.74) is -0.0660. The largest absolute Gasteiger partial charge is 0.395 e. The van der Waals surface area contributed by atoms with Crippen LogP contribution in [-0.2, 0) is 6.54 Å². The molecule has 0 amide bonds. The molecule has 0 aromatic carbocycles. The maximum absolute atomic E-state index is 12.9. The van der Waals surface area contributed by atoms with Gasteiger partial charge in [-0.15, -0.1) is 0 Å². The summed E-state index contributed by atoms with van der Waals surface area (Å²) in [5.74, 6) is 1.19. The normalized spacial score (nSPS) is 12.8. The molecule has 4 N–H and O–H groups in total. The highest BCUT2D eigenvalue weighted by molar-refractivity contribution is 5.93. The van der Waals surface area contributed by atoms with Crippen LogP contribution in [0.15, 0.2) is 35.4 Å². The number of hydrogen-bond donors (Lipinski definition) is 4. The molecule has 0 aliphatic carbocycles. The number of rotatable bonds is 6. The molecule has 3 aromatic rings. The Kier molecular flexibility index (Phi) is 5.81. The van der Waals surface area contributed by atoms with Gasteiger partial charge in [0.25, 0.3) is 5.56 Å². The van der Waals surface area contributed by atoms with E-state index >= 15 is 0 Å². The monoisotopic (exact) mass is 398 g/mol. The third kappa shape index (κ3) is 4.87. The van der Waals surface area contributed by atoms with Crippen LogP contribution in [0.3, 0.4) is 0 Å². The van der Waals surface area contributed by atoms with Gasteiger partial charge in [0, 0.05) is 24.5 Å². The van der Waals surface area contributed by atoms with Crippen molar-refractivity contribution in [3.8, 4) is 0 Å². The van der Waals surface area contributed by atoms with Crippen molar-refractivity contribution in [3.63, 3.8) is 0 Å². The molecule has 1 unspecified atom stereocenters. The van der Waals surface area contributed by atoms with Crippen molar-refractivity contribution in [1.29, 1.82) is 0 Å². The lowest BCUT2D eigenvalue weighted by molar-refractivity contribution is 0.194. The predicted octanol–water partition coefficient (Wildman–Crippen LogP) is 2.19. The Morgan fingerprint density at radius 2 is 2.00 bits per heavy atom. The summed E-state index contributed by atoms with van der Waals surface area (Å²) in [7, 11) is 0. The SMILES string of the molecule is CC(O)c1ccnc(Nc2cc3ccn(CCO)c(=O)c3c(NC(C)(C)C)n2)n1. The standard InChI is InChI=1S/C20H26N6O3/c1-12(28)14-5-7-21-19(22-14)24-15-11-13-6-8-26(9-10-27)18(29)16(13)17(23-15)25-20(2,3)4/h5-8,11-12,27-28H,9-10H2,1-4H3,(H2,21,22,23,24,25). The van der Waals surface area contributed by atoms with Crippen molar-refractivity contribution in [2.45, 2.75) is 45.9 Å². The van der Waals surface area contributed by atoms with Gasteiger partial charge in [0.1, 0.15) is 11.6 Å². The number of hydrogen-bond acceptors (Lipinski definition) is 8. The number of nitrogens with one attached hydrogen (secondary N) is 2. The van der Waals surface area contributed by atoms with Gasteiger partial charge in [-0.05, 0) is 51.3 Å². The molecule has 9 nitrogen and oxygen atoms in total. The molecule has 0 aliphatic rings. The number of anilines is 3. The third-order valence-corrected chi connectivity index (χ3v) is 4.14. The summed E-state index contributed by atoms with van der Waals surface area (Å²) in [6, 6.07) is 5.19. The molecule has 29 heavy (non-hydrogen) atoms. The Bertz CT molecular complexity index is 1070. The smallest absolute Gasteiger partial charge is 0.262 e. The Morgan fingerprint density at radius 3 is 2.66 bits per heavy atom. The van der Waals surface area contributed by atoms with E-state index in [1.807, 2.05) is 20.8 Å². The molecule has 3 aromatic heterocycles. The average molecular weight is 398 g/mol. The number of aliphatic hydroxyl groups excluding tert-OH is 2. The van der Waals surface area contributed by atoms with Gasteiger partial charge in [-0.1, -0.05) is 0 Å². The van der Waals surface area contributed by atoms with Gasteiger partial charge in [-0.25, -0.2) is 15.0 Å². The first-order valence-electron chi connectivity index (χ1n) is 9.39. The van der Waals surface area contributed by atoms with Gasteiger partial charge in [0.05, 0.1) is 23.8 Å². The van der Waals surface area contributed by atoms with Crippen molar-refractivity contribution in [1.82, 2.24) is 19.5 Å². The summed E-state index contributed by atoms with van der Waals surface area (Å²) in [6.07, 6.45) is 2.49. The lowest BCUT2D eigenvalue weighted by atomic mass is 10.1. The van der Waals surface area contributed by atoms with E-state index in [-0.39, 0.29) is 24.2 Å². The van der Waals surface area contributed by atoms with Crippen LogP contribution in [0.5, 0.6) is 0 Å². The molecular formula is C20H26N6O3. The lowest BCUT2D eigenvalue weighted by Gasteiger charge is -2.23. The first-order chi connectivity index (χ1) is 13.7. The molecule has 0 saturated heterocycles. The van der Waals surface area contributed by atoms with Crippen molar-refractivity contribution in [3.05, 3.63) is 46.6 Å². The van der Waals surface area contributed by atoms with E-state index in [2.05, 4.69) is 25.6 Å². The second-order valence-electron chi connectivity index (χ2n) is 7.84. The summed E-state index contributed by atoms with van der Waals surface area (Å²) < 4.78 is 1.46. The van der Waals surface area contributed by atoms with Crippen LogP contribution in [0.25, 0.3) is 10.8 Å². The van der Waals surface area contributed by atoms with Crippen LogP contribution in [-0.4, -0.2) is 41.9 Å². The minimum atomic E-state index is -0.716. The lowest BCUT2D eigenvalue weighted by Crippen LogP contribution is -2.29. The summed E-state index contributed by atoms with van der Waals surface area (Å²) in [5, 5.41) is 26.4. The van der Waals surface area contributed by atoms with Crippen molar-refractivity contribution < 1.29 is 10.2 Å². The average Bonchev–Trinajstić information content (AvgIpc) is 2.63. The number of aliphatic hydroxyl groups is 2. The number of pyridine rings is 2. The van der Waals surface area contributed by atoms with Crippen LogP contribution in [0.4, 0.5) is 17.6 Å². The Morgan fingerprint density at radius 1 is 1.24 bits per heavy atom. The fourth-order valence-electron chi connectivity index (χ4n) is 2.88. The molecule has 9 heteroatoms. The Balaban J connectivity index is 2.11. The molecule has 3 heterocycles. The van der Waals surface area contributed by atoms with Crippen molar-refractivity contribution >= 4 is 28.4 Å². The highest BCUT2D eigenvalue weighted by Gasteiger charge is 2.17. The Labute approximate surface area is 168 Å². The topological polar surface area (TPSA) is 125 Å². The highest BCUT2D eigenvalue weighted by atomic mass is 16.3. The Hall–Kier alpha value is -3.04. The minimum absolute atomic E-state index is 0.128. The zero-order chi connectivity index (χ0) is 21.2. The summed E-state index contributed by atoms with van der Waals surface area (Å²) in [4.78, 5) is 25.9. The van der Waals surface area contributed by atoms with Gasteiger partial charge in [0.2, 0.25) is 5.95 Å². The van der Waals surface area contributed by atoms with Crippen molar-refractivity contribution in [2.24, 2.45) is 0 Å². The third-order valence-electron chi connectivity index (χ3n) is 4.14. The van der Waals surface area contributed by atoms with Crippen LogP contribution < -0.4 is 16.2 Å². The van der Waals surface area contributed by atoms with E-state index < -0.39 is 6.10 Å². The summed E-state index contributed by atoms with van der Waals surface area (Å²) in [6.45, 7) is 7.64. The summed E-state index contributed by atoms with van der Waals surface area (Å²) >= 11 is 0. The van der Waals surface area contributed by atoms with Gasteiger partial charge in [-0.2, -0.15) is 0 Å². The number of fused-ring (bicyclic) bond motifs is 1. The van der Waals surface area contributed by atoms with Crippen LogP contribution in [0.2, 0.25) is 0 Å². The van der Waals surface area contributed by atoms with Gasteiger partial charge in [-0.3, -0.25) is 4.79 Å². The maximum atomic E-state index is 12.9. The van der Waals surface area contributed by atoms with Crippen LogP contribution >= 0.6 is 0 Å². The van der Waals surface area contributed by atoms with E-state index in [0.717, 1.165) is 0 Å². The number of aromatic nitrogens is 4. The second kappa shape index (κ2) is 8.14. The molecule has 0 saturated carbocycles. The fraction of sp³-hybridized carbons (Fsp3) is 0.400. The zero-order valence-electron chi connectivity index (χ0n) is 17.0. The van der Waals surface area contributed by atoms with E-state index in [1.54, 1.807) is 37.5 Å². The van der Waals surface area contributed by atoms with Gasteiger partial charge >= 0.3 is 0 Å². The van der Waals surface area contributed by atoms with Gasteiger partial charge < -0.3 is 25.4 Å². The molecule has 0 aliphatic heterocycles. The molecule has 1 atom stereocenters. The maximum Gasteiger partial charge on any atom is 0.262 e. The van der Waals surface area contributed by atoms with E-state index in [4.69, 9.17) is 0 Å². The first-order valence-corrected chi connectivity index (χ1v) is 9.39. The quantitative estimate of drug-likeness (QED) is 0.498. The minimum Gasteiger partial charge on any atom is -0.395 e. The van der Waals surface area contributed by atoms with Gasteiger partial charge in [0.15, 0.2) is 0 Å². The fourth-order valence-corrected chi connectivity index (χ4v) is 2.88. The molecule has 0 spiro atoms. The van der Waals surface area contributed by atoms with Crippen LogP contribution in [0.1, 0.15) is 39.5 Å². The second-order valence-corrected chi connectivity index (χ2v) is 7.84. The predicted molar refractivity (Wildman–Crippen MR) is 112 cm³/mol. The molecule has 154 valence electrons. The van der Waals surface area contributed by atoms with Crippen LogP contribution in [0, 0.1) is 0 Å². The zero-order valence-corrected chi connectivity index (χ0v) is 17.0. The first kappa shape index (κ1) is 20.7. The molecule has 0 radical (unpaired) electrons. The van der Waals surface area contributed by atoms with E-state index in [1.165, 1.54) is 4.57 Å². The molecular weight excluding hydrogens is 372 g/mol. The van der Waals surface area contributed by atoms with E-state index in [9.17, 15) is 15.0 Å². The molecule has 3 rings (SSSR count). The molecule has 0 fully saturated rings. The van der Waals surface area contributed by atoms with Crippen molar-refractivity contribution in [2.75, 3.05) is 17.2 Å².